The topological polar surface area (TPSA) is 56.9 Å². The van der Waals surface area contributed by atoms with Crippen LogP contribution in [-0.4, -0.2) is 15.7 Å². The van der Waals surface area contributed by atoms with Crippen LogP contribution in [0.4, 0.5) is 0 Å². The molecule has 0 aliphatic rings. The highest BCUT2D eigenvalue weighted by Gasteiger charge is 2.14. The van der Waals surface area contributed by atoms with Crippen LogP contribution < -0.4 is 0 Å². The first-order valence-electron chi connectivity index (χ1n) is 6.92. The number of nitrogens with zero attached hydrogens (tertiary/aromatic N) is 2. The maximum atomic E-state index is 9.68. The largest absolute Gasteiger partial charge is 0.378 e. The van der Waals surface area contributed by atoms with Crippen molar-refractivity contribution in [2.45, 2.75) is 46.1 Å². The number of aromatic nitrogens is 1. The molecule has 110 valence electrons. The molecule has 21 heavy (non-hydrogen) atoms. The Morgan fingerprint density at radius 3 is 2.57 bits per heavy atom. The summed E-state index contributed by atoms with van der Waals surface area (Å²) in [4.78, 5) is 4.17. The van der Waals surface area contributed by atoms with Crippen molar-refractivity contribution >= 4 is 21.4 Å². The fraction of sp³-hybridized carbons (Fsp3) is 0.412. The molecule has 0 aliphatic carbocycles. The maximum Gasteiger partial charge on any atom is 0.120 e. The molecule has 3 nitrogen and oxygen atoms in total. The molecule has 2 aromatic heterocycles. The molecule has 1 N–H and O–H groups in total. The summed E-state index contributed by atoms with van der Waals surface area (Å²) < 4.78 is 1.01. The smallest absolute Gasteiger partial charge is 0.120 e. The van der Waals surface area contributed by atoms with Gasteiger partial charge in [-0.15, -0.1) is 11.3 Å². The van der Waals surface area contributed by atoms with E-state index in [4.69, 9.17) is 5.26 Å². The second kappa shape index (κ2) is 7.22. The Labute approximate surface area is 130 Å². The summed E-state index contributed by atoms with van der Waals surface area (Å²) in [5.41, 5.74) is 0.713. The normalized spacial score (nSPS) is 11.7. The van der Waals surface area contributed by atoms with E-state index in [0.29, 0.717) is 0 Å². The van der Waals surface area contributed by atoms with Gasteiger partial charge >= 0.3 is 0 Å². The molecule has 0 bridgehead atoms. The first kappa shape index (κ1) is 17.2. The number of nitriles is 1. The molecule has 2 aromatic rings. The molecule has 0 saturated heterocycles. The molecule has 2 heterocycles. The van der Waals surface area contributed by atoms with Crippen molar-refractivity contribution in [2.24, 2.45) is 0 Å². The Kier molecular flexibility index (Phi) is 5.90. The zero-order valence-electron chi connectivity index (χ0n) is 13.1. The van der Waals surface area contributed by atoms with E-state index in [-0.39, 0.29) is 5.92 Å². The van der Waals surface area contributed by atoms with Crippen molar-refractivity contribution in [1.82, 2.24) is 4.98 Å². The molecule has 0 radical (unpaired) electrons. The van der Waals surface area contributed by atoms with Crippen molar-refractivity contribution < 1.29 is 5.11 Å². The lowest BCUT2D eigenvalue weighted by atomic mass is 9.99. The molecule has 1 unspecified atom stereocenters. The first-order valence-corrected chi connectivity index (χ1v) is 7.80. The van der Waals surface area contributed by atoms with Gasteiger partial charge < -0.3 is 5.11 Å². The van der Waals surface area contributed by atoms with Gasteiger partial charge in [0.2, 0.25) is 0 Å². The van der Waals surface area contributed by atoms with E-state index in [1.165, 1.54) is 0 Å². The molecular formula is C17H20N2OS. The summed E-state index contributed by atoms with van der Waals surface area (Å²) in [6, 6.07) is 2.23. The third-order valence-corrected chi connectivity index (χ3v) is 3.59. The van der Waals surface area contributed by atoms with Gasteiger partial charge in [0, 0.05) is 28.7 Å². The molecule has 4 heteroatoms. The second-order valence-corrected chi connectivity index (χ2v) is 5.82. The minimum atomic E-state index is -1.03. The fourth-order valence-corrected chi connectivity index (χ4v) is 2.61. The van der Waals surface area contributed by atoms with Crippen molar-refractivity contribution in [3.8, 4) is 17.9 Å². The highest BCUT2D eigenvalue weighted by molar-refractivity contribution is 7.17. The molecule has 1 atom stereocenters. The van der Waals surface area contributed by atoms with Crippen molar-refractivity contribution in [3.63, 3.8) is 0 Å². The SMILES string of the molecule is CC.CC(C#N)c1cncc2scc(C#CC(C)(C)O)c12. The number of thiophene rings is 1. The van der Waals surface area contributed by atoms with Crippen molar-refractivity contribution in [2.75, 3.05) is 0 Å². The number of hydrogen-bond acceptors (Lipinski definition) is 4. The average Bonchev–Trinajstić information content (AvgIpc) is 2.89. The summed E-state index contributed by atoms with van der Waals surface area (Å²) in [5.74, 6) is 5.58. The maximum absolute atomic E-state index is 9.68. The van der Waals surface area contributed by atoms with Gasteiger partial charge in [-0.1, -0.05) is 25.7 Å². The zero-order chi connectivity index (χ0) is 16.0. The van der Waals surface area contributed by atoms with Gasteiger partial charge in [0.05, 0.1) is 16.7 Å². The van der Waals surface area contributed by atoms with Gasteiger partial charge in [-0.05, 0) is 26.3 Å². The van der Waals surface area contributed by atoms with Gasteiger partial charge in [-0.3, -0.25) is 4.98 Å². The minimum Gasteiger partial charge on any atom is -0.378 e. The molecule has 0 aromatic carbocycles. The lowest BCUT2D eigenvalue weighted by Gasteiger charge is -2.07. The lowest BCUT2D eigenvalue weighted by molar-refractivity contribution is 0.143. The number of aliphatic hydroxyl groups is 1. The monoisotopic (exact) mass is 300 g/mol. The number of hydrogen-bond donors (Lipinski definition) is 1. The van der Waals surface area contributed by atoms with Crippen LogP contribution in [-0.2, 0) is 0 Å². The zero-order valence-corrected chi connectivity index (χ0v) is 13.9. The summed E-state index contributed by atoms with van der Waals surface area (Å²) in [5, 5.41) is 21.7. The molecular weight excluding hydrogens is 280 g/mol. The molecule has 0 aliphatic heterocycles. The third-order valence-electron chi connectivity index (χ3n) is 2.68. The van der Waals surface area contributed by atoms with E-state index in [0.717, 1.165) is 21.2 Å². The van der Waals surface area contributed by atoms with E-state index < -0.39 is 5.60 Å². The van der Waals surface area contributed by atoms with Crippen LogP contribution in [0.2, 0.25) is 0 Å². The number of pyridine rings is 1. The van der Waals surface area contributed by atoms with E-state index >= 15 is 0 Å². The van der Waals surface area contributed by atoms with E-state index in [1.807, 2.05) is 26.2 Å². The Morgan fingerprint density at radius 1 is 1.33 bits per heavy atom. The first-order chi connectivity index (χ1) is 9.92. The average molecular weight is 300 g/mol. The third kappa shape index (κ3) is 4.29. The van der Waals surface area contributed by atoms with Crippen LogP contribution >= 0.6 is 11.3 Å². The molecule has 0 spiro atoms. The van der Waals surface area contributed by atoms with Gasteiger partial charge in [-0.25, -0.2) is 0 Å². The van der Waals surface area contributed by atoms with Gasteiger partial charge in [-0.2, -0.15) is 5.26 Å². The van der Waals surface area contributed by atoms with Gasteiger partial charge in [0.1, 0.15) is 5.60 Å². The van der Waals surface area contributed by atoms with E-state index in [2.05, 4.69) is 22.9 Å². The van der Waals surface area contributed by atoms with E-state index in [9.17, 15) is 5.11 Å². The second-order valence-electron chi connectivity index (χ2n) is 4.91. The Balaban J connectivity index is 0.00000106. The predicted octanol–water partition coefficient (Wildman–Crippen LogP) is 4.07. The van der Waals surface area contributed by atoms with E-state index in [1.54, 1.807) is 37.6 Å². The van der Waals surface area contributed by atoms with Gasteiger partial charge in [0.25, 0.3) is 0 Å². The standard InChI is InChI=1S/C15H14N2OS.C2H6/c1-10(6-16)12-7-17-8-13-14(12)11(9-19-13)4-5-15(2,3)18;1-2/h7-10,18H,1-3H3;1-2H3. The van der Waals surface area contributed by atoms with Crippen LogP contribution in [0.3, 0.4) is 0 Å². The summed E-state index contributed by atoms with van der Waals surface area (Å²) in [6.07, 6.45) is 3.50. The van der Waals surface area contributed by atoms with Crippen molar-refractivity contribution in [3.05, 3.63) is 28.9 Å². The molecule has 0 saturated carbocycles. The van der Waals surface area contributed by atoms with Crippen LogP contribution in [0.1, 0.15) is 51.7 Å². The number of fused-ring (bicyclic) bond motifs is 1. The quantitative estimate of drug-likeness (QED) is 0.808. The minimum absolute atomic E-state index is 0.228. The predicted molar refractivity (Wildman–Crippen MR) is 88.2 cm³/mol. The van der Waals surface area contributed by atoms with Gasteiger partial charge in [0.15, 0.2) is 0 Å². The van der Waals surface area contributed by atoms with Crippen molar-refractivity contribution in [1.29, 1.82) is 5.26 Å². The summed E-state index contributed by atoms with van der Waals surface area (Å²) >= 11 is 1.55. The Hall–Kier alpha value is -1.88. The number of rotatable bonds is 1. The Morgan fingerprint density at radius 2 is 2.00 bits per heavy atom. The molecule has 0 amide bonds. The highest BCUT2D eigenvalue weighted by Crippen LogP contribution is 2.31. The molecule has 2 rings (SSSR count). The Bertz CT molecular complexity index is 708. The highest BCUT2D eigenvalue weighted by atomic mass is 32.1. The molecule has 0 fully saturated rings. The van der Waals surface area contributed by atoms with Crippen LogP contribution in [0.15, 0.2) is 17.8 Å². The lowest BCUT2D eigenvalue weighted by Crippen LogP contribution is -2.14. The fourth-order valence-electron chi connectivity index (χ4n) is 1.73. The summed E-state index contributed by atoms with van der Waals surface area (Å²) in [7, 11) is 0. The summed E-state index contributed by atoms with van der Waals surface area (Å²) in [6.45, 7) is 9.14. The van der Waals surface area contributed by atoms with Crippen LogP contribution in [0.25, 0.3) is 10.1 Å². The van der Waals surface area contributed by atoms with Crippen LogP contribution in [0, 0.1) is 23.2 Å². The van der Waals surface area contributed by atoms with Crippen LogP contribution in [0.5, 0.6) is 0 Å².